The Morgan fingerprint density at radius 3 is 3.00 bits per heavy atom. The fourth-order valence-electron chi connectivity index (χ4n) is 2.07. The fraction of sp³-hybridized carbons (Fsp3) is 0.636. The number of nitrogens with zero attached hydrogens (tertiary/aromatic N) is 2. The minimum atomic E-state index is -1.33. The second-order valence-corrected chi connectivity index (χ2v) is 4.04. The van der Waals surface area contributed by atoms with Gasteiger partial charge in [0.15, 0.2) is 6.17 Å². The molecule has 4 atom stereocenters. The maximum Gasteiger partial charge on any atom is 0.216 e. The molecule has 2 rings (SSSR count). The SMILES string of the molecule is CC[C@H]1C[C@@H](Oc2ccncn2)[C@H](F)[C@@H]1O. The molecule has 1 aromatic heterocycles. The van der Waals surface area contributed by atoms with Gasteiger partial charge in [-0.15, -0.1) is 0 Å². The van der Waals surface area contributed by atoms with Crippen LogP contribution in [0.15, 0.2) is 18.6 Å². The molecule has 0 unspecified atom stereocenters. The molecule has 0 bridgehead atoms. The van der Waals surface area contributed by atoms with E-state index in [2.05, 4.69) is 9.97 Å². The highest BCUT2D eigenvalue weighted by atomic mass is 19.1. The number of aliphatic hydroxyl groups is 1. The minimum Gasteiger partial charge on any atom is -0.471 e. The lowest BCUT2D eigenvalue weighted by molar-refractivity contribution is 0.0339. The summed E-state index contributed by atoms with van der Waals surface area (Å²) >= 11 is 0. The summed E-state index contributed by atoms with van der Waals surface area (Å²) in [7, 11) is 0. The number of hydrogen-bond donors (Lipinski definition) is 1. The number of ether oxygens (including phenoxy) is 1. The Kier molecular flexibility index (Phi) is 3.33. The summed E-state index contributed by atoms with van der Waals surface area (Å²) in [5.41, 5.74) is 0. The van der Waals surface area contributed by atoms with Crippen LogP contribution >= 0.6 is 0 Å². The lowest BCUT2D eigenvalue weighted by Crippen LogP contribution is -2.30. The normalized spacial score (nSPS) is 33.9. The van der Waals surface area contributed by atoms with E-state index in [1.165, 1.54) is 12.5 Å². The summed E-state index contributed by atoms with van der Waals surface area (Å²) in [6.07, 6.45) is 1.32. The van der Waals surface area contributed by atoms with E-state index in [4.69, 9.17) is 4.74 Å². The first-order valence-electron chi connectivity index (χ1n) is 5.47. The molecular formula is C11H15FN2O2. The first-order chi connectivity index (χ1) is 7.72. The minimum absolute atomic E-state index is 0.0261. The van der Waals surface area contributed by atoms with Crippen molar-refractivity contribution in [1.82, 2.24) is 9.97 Å². The third-order valence-corrected chi connectivity index (χ3v) is 3.05. The molecule has 1 N–H and O–H groups in total. The van der Waals surface area contributed by atoms with Crippen molar-refractivity contribution in [2.24, 2.45) is 5.92 Å². The Morgan fingerprint density at radius 2 is 2.44 bits per heavy atom. The fourth-order valence-corrected chi connectivity index (χ4v) is 2.07. The average Bonchev–Trinajstić information content (AvgIpc) is 2.58. The highest BCUT2D eigenvalue weighted by Gasteiger charge is 2.43. The maximum absolute atomic E-state index is 13.7. The van der Waals surface area contributed by atoms with Gasteiger partial charge in [0.25, 0.3) is 0 Å². The van der Waals surface area contributed by atoms with E-state index in [1.807, 2.05) is 6.92 Å². The van der Waals surface area contributed by atoms with E-state index in [0.717, 1.165) is 6.42 Å². The third kappa shape index (κ3) is 2.14. The number of aliphatic hydroxyl groups excluding tert-OH is 1. The number of rotatable bonds is 3. The zero-order valence-electron chi connectivity index (χ0n) is 9.08. The molecule has 0 aliphatic heterocycles. The molecule has 1 aliphatic carbocycles. The van der Waals surface area contributed by atoms with E-state index in [0.29, 0.717) is 12.3 Å². The molecule has 88 valence electrons. The molecule has 5 heteroatoms. The van der Waals surface area contributed by atoms with E-state index in [9.17, 15) is 9.50 Å². The summed E-state index contributed by atoms with van der Waals surface area (Å²) < 4.78 is 19.1. The Bertz CT molecular complexity index is 336. The Hall–Kier alpha value is -1.23. The van der Waals surface area contributed by atoms with Crippen molar-refractivity contribution in [2.45, 2.75) is 38.1 Å². The molecule has 16 heavy (non-hydrogen) atoms. The number of alkyl halides is 1. The molecule has 0 saturated heterocycles. The molecule has 1 fully saturated rings. The van der Waals surface area contributed by atoms with Crippen LogP contribution in [0.3, 0.4) is 0 Å². The van der Waals surface area contributed by atoms with Gasteiger partial charge in [0.2, 0.25) is 5.88 Å². The van der Waals surface area contributed by atoms with Gasteiger partial charge in [0, 0.05) is 12.3 Å². The van der Waals surface area contributed by atoms with Crippen LogP contribution in [0.5, 0.6) is 5.88 Å². The predicted molar refractivity (Wildman–Crippen MR) is 55.7 cm³/mol. The van der Waals surface area contributed by atoms with Crippen molar-refractivity contribution in [3.8, 4) is 5.88 Å². The highest BCUT2D eigenvalue weighted by molar-refractivity contribution is 5.07. The third-order valence-electron chi connectivity index (χ3n) is 3.05. The van der Waals surface area contributed by atoms with Gasteiger partial charge >= 0.3 is 0 Å². The van der Waals surface area contributed by atoms with Crippen LogP contribution in [-0.4, -0.2) is 33.5 Å². The summed E-state index contributed by atoms with van der Waals surface area (Å²) in [4.78, 5) is 7.62. The van der Waals surface area contributed by atoms with Crippen molar-refractivity contribution >= 4 is 0 Å². The zero-order valence-corrected chi connectivity index (χ0v) is 9.08. The first kappa shape index (κ1) is 11.3. The second-order valence-electron chi connectivity index (χ2n) is 4.04. The average molecular weight is 226 g/mol. The molecule has 0 aromatic carbocycles. The van der Waals surface area contributed by atoms with Crippen LogP contribution in [0.4, 0.5) is 4.39 Å². The number of hydrogen-bond acceptors (Lipinski definition) is 4. The van der Waals surface area contributed by atoms with Gasteiger partial charge in [-0.3, -0.25) is 0 Å². The predicted octanol–water partition coefficient (Wildman–Crippen LogP) is 1.35. The molecule has 0 radical (unpaired) electrons. The lowest BCUT2D eigenvalue weighted by atomic mass is 10.0. The van der Waals surface area contributed by atoms with Crippen molar-refractivity contribution in [3.05, 3.63) is 18.6 Å². The van der Waals surface area contributed by atoms with Crippen molar-refractivity contribution in [2.75, 3.05) is 0 Å². The Labute approximate surface area is 93.5 Å². The molecule has 1 aromatic rings. The largest absolute Gasteiger partial charge is 0.471 e. The van der Waals surface area contributed by atoms with E-state index < -0.39 is 18.4 Å². The summed E-state index contributed by atoms with van der Waals surface area (Å²) in [5.74, 6) is 0.327. The lowest BCUT2D eigenvalue weighted by Gasteiger charge is -2.15. The number of halogens is 1. The van der Waals surface area contributed by atoms with Crippen LogP contribution in [0.1, 0.15) is 19.8 Å². The topological polar surface area (TPSA) is 55.2 Å². The van der Waals surface area contributed by atoms with E-state index >= 15 is 0 Å². The van der Waals surface area contributed by atoms with Crippen LogP contribution in [0.25, 0.3) is 0 Å². The maximum atomic E-state index is 13.7. The van der Waals surface area contributed by atoms with Gasteiger partial charge < -0.3 is 9.84 Å². The molecular weight excluding hydrogens is 211 g/mol. The quantitative estimate of drug-likeness (QED) is 0.845. The molecule has 0 amide bonds. The Morgan fingerprint density at radius 1 is 1.62 bits per heavy atom. The van der Waals surface area contributed by atoms with Crippen molar-refractivity contribution in [1.29, 1.82) is 0 Å². The monoisotopic (exact) mass is 226 g/mol. The van der Waals surface area contributed by atoms with Gasteiger partial charge in [-0.25, -0.2) is 14.4 Å². The molecule has 1 aliphatic rings. The van der Waals surface area contributed by atoms with Gasteiger partial charge in [-0.05, 0) is 12.3 Å². The summed E-state index contributed by atoms with van der Waals surface area (Å²) in [5, 5.41) is 9.62. The van der Waals surface area contributed by atoms with Crippen LogP contribution in [-0.2, 0) is 0 Å². The number of aromatic nitrogens is 2. The second kappa shape index (κ2) is 4.74. The van der Waals surface area contributed by atoms with Crippen LogP contribution in [0, 0.1) is 5.92 Å². The highest BCUT2D eigenvalue weighted by Crippen LogP contribution is 2.33. The van der Waals surface area contributed by atoms with E-state index in [-0.39, 0.29) is 5.92 Å². The van der Waals surface area contributed by atoms with Gasteiger partial charge in [-0.1, -0.05) is 13.3 Å². The van der Waals surface area contributed by atoms with Gasteiger partial charge in [0.1, 0.15) is 12.4 Å². The Balaban J connectivity index is 2.01. The molecule has 0 spiro atoms. The van der Waals surface area contributed by atoms with Gasteiger partial charge in [-0.2, -0.15) is 0 Å². The molecule has 4 nitrogen and oxygen atoms in total. The van der Waals surface area contributed by atoms with Crippen molar-refractivity contribution in [3.63, 3.8) is 0 Å². The molecule has 1 heterocycles. The molecule has 1 saturated carbocycles. The standard InChI is InChI=1S/C11H15FN2O2/c1-2-7-5-8(10(12)11(7)15)16-9-3-4-13-6-14-9/h3-4,6-8,10-11,15H,2,5H2,1H3/t7-,8+,10-,11+/m0/s1. The van der Waals surface area contributed by atoms with E-state index in [1.54, 1.807) is 6.07 Å². The zero-order chi connectivity index (χ0) is 11.5. The summed E-state index contributed by atoms with van der Waals surface area (Å²) in [6.45, 7) is 1.94. The van der Waals surface area contributed by atoms with Crippen LogP contribution < -0.4 is 4.74 Å². The smallest absolute Gasteiger partial charge is 0.216 e. The first-order valence-corrected chi connectivity index (χ1v) is 5.47. The van der Waals surface area contributed by atoms with Crippen molar-refractivity contribution < 1.29 is 14.2 Å². The summed E-state index contributed by atoms with van der Waals surface area (Å²) in [6, 6.07) is 1.58. The van der Waals surface area contributed by atoms with Gasteiger partial charge in [0.05, 0.1) is 6.10 Å². The van der Waals surface area contributed by atoms with Crippen LogP contribution in [0.2, 0.25) is 0 Å².